The van der Waals surface area contributed by atoms with E-state index in [2.05, 4.69) is 28.2 Å². The van der Waals surface area contributed by atoms with Crippen molar-refractivity contribution in [3.05, 3.63) is 58.2 Å². The second kappa shape index (κ2) is 7.60. The van der Waals surface area contributed by atoms with Gasteiger partial charge in [0.15, 0.2) is 0 Å². The summed E-state index contributed by atoms with van der Waals surface area (Å²) in [7, 11) is 0. The molecule has 2 nitrogen and oxygen atoms in total. The van der Waals surface area contributed by atoms with Gasteiger partial charge in [-0.25, -0.2) is 4.39 Å². The number of hydrogen-bond acceptors (Lipinski definition) is 2. The van der Waals surface area contributed by atoms with Gasteiger partial charge in [-0.05, 0) is 49.7 Å². The molecule has 2 aromatic rings. The van der Waals surface area contributed by atoms with Crippen molar-refractivity contribution in [2.75, 3.05) is 6.54 Å². The third-order valence-corrected chi connectivity index (χ3v) is 3.73. The molecule has 0 radical (unpaired) electrons. The van der Waals surface area contributed by atoms with Crippen LogP contribution in [0.5, 0.6) is 0 Å². The second-order valence-corrected chi connectivity index (χ2v) is 5.71. The molecule has 0 bridgehead atoms. The van der Waals surface area contributed by atoms with Gasteiger partial charge in [0.1, 0.15) is 11.6 Å². The average molecular weight is 340 g/mol. The highest BCUT2D eigenvalue weighted by Crippen LogP contribution is 2.25. The van der Waals surface area contributed by atoms with Crippen LogP contribution in [0.4, 0.5) is 4.39 Å². The lowest BCUT2D eigenvalue weighted by Crippen LogP contribution is -2.23. The van der Waals surface area contributed by atoms with Crippen molar-refractivity contribution in [2.45, 2.75) is 32.2 Å². The molecule has 0 aliphatic heterocycles. The van der Waals surface area contributed by atoms with Crippen molar-refractivity contribution >= 4 is 15.9 Å². The SMILES string of the molecule is CCCNC(CCc1ccco1)c1cc(Br)ccc1F. The third kappa shape index (κ3) is 4.18. The molecule has 0 amide bonds. The van der Waals surface area contributed by atoms with Gasteiger partial charge in [0, 0.05) is 22.5 Å². The molecule has 1 atom stereocenters. The molecule has 0 fully saturated rings. The molecule has 0 saturated heterocycles. The molecule has 1 heterocycles. The maximum Gasteiger partial charge on any atom is 0.128 e. The van der Waals surface area contributed by atoms with Gasteiger partial charge in [-0.3, -0.25) is 0 Å². The van der Waals surface area contributed by atoms with Crippen LogP contribution in [-0.4, -0.2) is 6.54 Å². The fourth-order valence-electron chi connectivity index (χ4n) is 2.21. The van der Waals surface area contributed by atoms with Gasteiger partial charge in [0.25, 0.3) is 0 Å². The molecule has 0 spiro atoms. The summed E-state index contributed by atoms with van der Waals surface area (Å²) in [6, 6.07) is 8.91. The van der Waals surface area contributed by atoms with Crippen LogP contribution in [0.25, 0.3) is 0 Å². The number of rotatable bonds is 7. The second-order valence-electron chi connectivity index (χ2n) is 4.79. The van der Waals surface area contributed by atoms with E-state index >= 15 is 0 Å². The Morgan fingerprint density at radius 1 is 1.35 bits per heavy atom. The summed E-state index contributed by atoms with van der Waals surface area (Å²) in [4.78, 5) is 0. The van der Waals surface area contributed by atoms with Crippen molar-refractivity contribution in [2.24, 2.45) is 0 Å². The minimum Gasteiger partial charge on any atom is -0.469 e. The first-order valence-electron chi connectivity index (χ1n) is 6.91. The van der Waals surface area contributed by atoms with Crippen molar-refractivity contribution in [3.63, 3.8) is 0 Å². The molecule has 1 aromatic heterocycles. The zero-order valence-electron chi connectivity index (χ0n) is 11.5. The van der Waals surface area contributed by atoms with Gasteiger partial charge in [-0.1, -0.05) is 22.9 Å². The Morgan fingerprint density at radius 2 is 2.20 bits per heavy atom. The van der Waals surface area contributed by atoms with Crippen LogP contribution < -0.4 is 5.32 Å². The summed E-state index contributed by atoms with van der Waals surface area (Å²) in [6.07, 6.45) is 4.29. The summed E-state index contributed by atoms with van der Waals surface area (Å²) in [6.45, 7) is 2.97. The number of halogens is 2. The van der Waals surface area contributed by atoms with E-state index in [1.165, 1.54) is 6.07 Å². The van der Waals surface area contributed by atoms with Gasteiger partial charge in [-0.2, -0.15) is 0 Å². The highest BCUT2D eigenvalue weighted by molar-refractivity contribution is 9.10. The van der Waals surface area contributed by atoms with E-state index in [0.717, 1.165) is 36.0 Å². The summed E-state index contributed by atoms with van der Waals surface area (Å²) in [5, 5.41) is 3.41. The summed E-state index contributed by atoms with van der Waals surface area (Å²) in [5.41, 5.74) is 0.708. The number of nitrogens with one attached hydrogen (secondary N) is 1. The summed E-state index contributed by atoms with van der Waals surface area (Å²) >= 11 is 3.41. The molecule has 108 valence electrons. The molecular formula is C16H19BrFNO. The lowest BCUT2D eigenvalue weighted by molar-refractivity contribution is 0.440. The Morgan fingerprint density at radius 3 is 2.90 bits per heavy atom. The minimum absolute atomic E-state index is 0.00227. The molecule has 4 heteroatoms. The van der Waals surface area contributed by atoms with E-state index in [9.17, 15) is 4.39 Å². The summed E-state index contributed by atoms with van der Waals surface area (Å²) in [5.74, 6) is 0.768. The largest absolute Gasteiger partial charge is 0.469 e. The summed E-state index contributed by atoms with van der Waals surface area (Å²) < 4.78 is 20.3. The smallest absolute Gasteiger partial charge is 0.128 e. The van der Waals surface area contributed by atoms with E-state index < -0.39 is 0 Å². The quantitative estimate of drug-likeness (QED) is 0.779. The fourth-order valence-corrected chi connectivity index (χ4v) is 2.59. The minimum atomic E-state index is -0.166. The van der Waals surface area contributed by atoms with Crippen molar-refractivity contribution < 1.29 is 8.81 Å². The number of benzene rings is 1. The van der Waals surface area contributed by atoms with Crippen LogP contribution in [0.1, 0.15) is 37.1 Å². The lowest BCUT2D eigenvalue weighted by Gasteiger charge is -2.19. The topological polar surface area (TPSA) is 25.2 Å². The fraction of sp³-hybridized carbons (Fsp3) is 0.375. The van der Waals surface area contributed by atoms with Crippen LogP contribution >= 0.6 is 15.9 Å². The highest BCUT2D eigenvalue weighted by atomic mass is 79.9. The van der Waals surface area contributed by atoms with Crippen LogP contribution in [0, 0.1) is 5.82 Å². The van der Waals surface area contributed by atoms with Gasteiger partial charge in [0.05, 0.1) is 6.26 Å². The Hall–Kier alpha value is -1.13. The standard InChI is InChI=1S/C16H19BrFNO/c1-2-9-19-16(8-6-13-4-3-10-20-13)14-11-12(17)5-7-15(14)18/h3-5,7,10-11,16,19H,2,6,8-9H2,1H3. The molecule has 1 aromatic carbocycles. The van der Waals surface area contributed by atoms with Crippen LogP contribution in [0.3, 0.4) is 0 Å². The molecule has 1 N–H and O–H groups in total. The zero-order valence-corrected chi connectivity index (χ0v) is 13.1. The molecule has 20 heavy (non-hydrogen) atoms. The van der Waals surface area contributed by atoms with Gasteiger partial charge >= 0.3 is 0 Å². The van der Waals surface area contributed by atoms with E-state index in [0.29, 0.717) is 5.56 Å². The molecule has 0 aliphatic rings. The number of aryl methyl sites for hydroxylation is 1. The highest BCUT2D eigenvalue weighted by Gasteiger charge is 2.16. The molecule has 1 unspecified atom stereocenters. The van der Waals surface area contributed by atoms with E-state index in [1.807, 2.05) is 18.2 Å². The van der Waals surface area contributed by atoms with Crippen molar-refractivity contribution in [3.8, 4) is 0 Å². The first kappa shape index (κ1) is 15.3. The Labute approximate surface area is 127 Å². The van der Waals surface area contributed by atoms with E-state index in [4.69, 9.17) is 4.42 Å². The maximum absolute atomic E-state index is 14.0. The van der Waals surface area contributed by atoms with Crippen LogP contribution in [0.2, 0.25) is 0 Å². The molecular weight excluding hydrogens is 321 g/mol. The van der Waals surface area contributed by atoms with Crippen molar-refractivity contribution in [1.29, 1.82) is 0 Å². The van der Waals surface area contributed by atoms with Crippen LogP contribution in [0.15, 0.2) is 45.5 Å². The van der Waals surface area contributed by atoms with Crippen molar-refractivity contribution in [1.82, 2.24) is 5.32 Å². The van der Waals surface area contributed by atoms with Crippen LogP contribution in [-0.2, 0) is 6.42 Å². The molecule has 2 rings (SSSR count). The normalized spacial score (nSPS) is 12.6. The molecule has 0 saturated carbocycles. The molecule has 0 aliphatic carbocycles. The Bertz CT molecular complexity index is 527. The Balaban J connectivity index is 2.11. The third-order valence-electron chi connectivity index (χ3n) is 3.23. The zero-order chi connectivity index (χ0) is 14.4. The Kier molecular flexibility index (Phi) is 5.80. The number of hydrogen-bond donors (Lipinski definition) is 1. The first-order valence-corrected chi connectivity index (χ1v) is 7.70. The monoisotopic (exact) mass is 339 g/mol. The predicted molar refractivity (Wildman–Crippen MR) is 82.2 cm³/mol. The maximum atomic E-state index is 14.0. The predicted octanol–water partition coefficient (Wildman–Crippen LogP) is 4.85. The average Bonchev–Trinajstić information content (AvgIpc) is 2.95. The van der Waals surface area contributed by atoms with Gasteiger partial charge < -0.3 is 9.73 Å². The number of furan rings is 1. The van der Waals surface area contributed by atoms with Gasteiger partial charge in [-0.15, -0.1) is 0 Å². The lowest BCUT2D eigenvalue weighted by atomic mass is 10.0. The first-order chi connectivity index (χ1) is 9.70. The van der Waals surface area contributed by atoms with E-state index in [-0.39, 0.29) is 11.9 Å². The van der Waals surface area contributed by atoms with E-state index in [1.54, 1.807) is 12.3 Å². The van der Waals surface area contributed by atoms with Gasteiger partial charge in [0.2, 0.25) is 0 Å².